The molecular formula is C20H33N3OS. The van der Waals surface area contributed by atoms with E-state index in [-0.39, 0.29) is 11.2 Å². The fourth-order valence-electron chi connectivity index (χ4n) is 3.02. The second kappa shape index (κ2) is 10.1. The molecule has 2 rings (SSSR count). The summed E-state index contributed by atoms with van der Waals surface area (Å²) in [6, 6.07) is 6.39. The van der Waals surface area contributed by atoms with Crippen LogP contribution in [0.1, 0.15) is 39.2 Å². The van der Waals surface area contributed by atoms with Crippen LogP contribution in [0.25, 0.3) is 0 Å². The van der Waals surface area contributed by atoms with Gasteiger partial charge in [-0.05, 0) is 56.3 Å². The van der Waals surface area contributed by atoms with Gasteiger partial charge in [-0.2, -0.15) is 0 Å². The van der Waals surface area contributed by atoms with Crippen molar-refractivity contribution in [2.75, 3.05) is 48.7 Å². The SMILES string of the molecule is CCCCSC(C)C(=O)Nc1ccc(N2CCN(CC)CC2)cc1C. The summed E-state index contributed by atoms with van der Waals surface area (Å²) < 4.78 is 0. The first-order chi connectivity index (χ1) is 12.0. The van der Waals surface area contributed by atoms with Gasteiger partial charge < -0.3 is 15.1 Å². The van der Waals surface area contributed by atoms with Gasteiger partial charge in [0.1, 0.15) is 0 Å². The fourth-order valence-corrected chi connectivity index (χ4v) is 4.04. The van der Waals surface area contributed by atoms with Crippen molar-refractivity contribution in [3.63, 3.8) is 0 Å². The number of unbranched alkanes of at least 4 members (excludes halogenated alkanes) is 1. The third-order valence-corrected chi connectivity index (χ3v) is 6.13. The Balaban J connectivity index is 1.92. The highest BCUT2D eigenvalue weighted by atomic mass is 32.2. The zero-order valence-corrected chi connectivity index (χ0v) is 17.0. The van der Waals surface area contributed by atoms with Gasteiger partial charge in [0.2, 0.25) is 5.91 Å². The molecule has 1 aromatic rings. The molecule has 1 aromatic carbocycles. The van der Waals surface area contributed by atoms with E-state index < -0.39 is 0 Å². The number of nitrogens with zero attached hydrogens (tertiary/aromatic N) is 2. The molecule has 1 N–H and O–H groups in total. The quantitative estimate of drug-likeness (QED) is 0.708. The lowest BCUT2D eigenvalue weighted by Crippen LogP contribution is -2.46. The summed E-state index contributed by atoms with van der Waals surface area (Å²) in [6.07, 6.45) is 2.34. The molecule has 1 heterocycles. The molecule has 1 aliphatic heterocycles. The molecule has 1 amide bonds. The van der Waals surface area contributed by atoms with Gasteiger partial charge in [0.15, 0.2) is 0 Å². The summed E-state index contributed by atoms with van der Waals surface area (Å²) >= 11 is 1.74. The van der Waals surface area contributed by atoms with Crippen molar-refractivity contribution in [2.45, 2.75) is 45.8 Å². The summed E-state index contributed by atoms with van der Waals surface area (Å²) in [5.74, 6) is 1.15. The largest absolute Gasteiger partial charge is 0.369 e. The number of benzene rings is 1. The molecule has 1 unspecified atom stereocenters. The average molecular weight is 364 g/mol. The highest BCUT2D eigenvalue weighted by molar-refractivity contribution is 8.00. The van der Waals surface area contributed by atoms with Crippen molar-refractivity contribution in [1.29, 1.82) is 0 Å². The predicted octanol–water partition coefficient (Wildman–Crippen LogP) is 4.00. The van der Waals surface area contributed by atoms with Crippen LogP contribution in [0, 0.1) is 6.92 Å². The fraction of sp³-hybridized carbons (Fsp3) is 0.650. The van der Waals surface area contributed by atoms with Crippen LogP contribution in [0.4, 0.5) is 11.4 Å². The van der Waals surface area contributed by atoms with Crippen molar-refractivity contribution in [3.05, 3.63) is 23.8 Å². The lowest BCUT2D eigenvalue weighted by Gasteiger charge is -2.35. The Labute approximate surface area is 157 Å². The van der Waals surface area contributed by atoms with Gasteiger partial charge in [-0.25, -0.2) is 0 Å². The zero-order chi connectivity index (χ0) is 18.2. The monoisotopic (exact) mass is 363 g/mol. The number of nitrogens with one attached hydrogen (secondary N) is 1. The van der Waals surface area contributed by atoms with Crippen molar-refractivity contribution < 1.29 is 4.79 Å². The second-order valence-electron chi connectivity index (χ2n) is 6.78. The molecule has 0 saturated carbocycles. The second-order valence-corrected chi connectivity index (χ2v) is 8.23. The first kappa shape index (κ1) is 20.1. The number of rotatable bonds is 8. The maximum Gasteiger partial charge on any atom is 0.237 e. The number of amides is 1. The molecule has 1 saturated heterocycles. The van der Waals surface area contributed by atoms with Crippen molar-refractivity contribution in [3.8, 4) is 0 Å². The van der Waals surface area contributed by atoms with Crippen LogP contribution >= 0.6 is 11.8 Å². The average Bonchev–Trinajstić information content (AvgIpc) is 2.63. The minimum Gasteiger partial charge on any atom is -0.369 e. The van der Waals surface area contributed by atoms with E-state index in [1.54, 1.807) is 11.8 Å². The van der Waals surface area contributed by atoms with Gasteiger partial charge >= 0.3 is 0 Å². The van der Waals surface area contributed by atoms with E-state index in [2.05, 4.69) is 54.1 Å². The Morgan fingerprint density at radius 1 is 1.24 bits per heavy atom. The number of piperazine rings is 1. The summed E-state index contributed by atoms with van der Waals surface area (Å²) in [4.78, 5) is 17.3. The van der Waals surface area contributed by atoms with E-state index in [1.807, 2.05) is 6.92 Å². The van der Waals surface area contributed by atoms with E-state index in [1.165, 1.54) is 18.5 Å². The van der Waals surface area contributed by atoms with Crippen molar-refractivity contribution >= 4 is 29.0 Å². The minimum atomic E-state index is -0.00671. The third-order valence-electron chi connectivity index (χ3n) is 4.89. The Kier molecular flexibility index (Phi) is 8.10. The highest BCUT2D eigenvalue weighted by Gasteiger charge is 2.17. The minimum absolute atomic E-state index is 0.00671. The molecule has 140 valence electrons. The Hall–Kier alpha value is -1.20. The van der Waals surface area contributed by atoms with Crippen LogP contribution in [0.2, 0.25) is 0 Å². The molecular weight excluding hydrogens is 330 g/mol. The molecule has 25 heavy (non-hydrogen) atoms. The summed E-state index contributed by atoms with van der Waals surface area (Å²) in [6.45, 7) is 14.0. The number of carbonyl (C=O) groups is 1. The topological polar surface area (TPSA) is 35.6 Å². The first-order valence-corrected chi connectivity index (χ1v) is 10.6. The molecule has 1 aliphatic rings. The highest BCUT2D eigenvalue weighted by Crippen LogP contribution is 2.25. The standard InChI is InChI=1S/C20H33N3OS/c1-5-7-14-25-17(4)20(24)21-19-9-8-18(15-16(19)3)23-12-10-22(6-2)11-13-23/h8-9,15,17H,5-7,10-14H2,1-4H3,(H,21,24). The number of anilines is 2. The lowest BCUT2D eigenvalue weighted by atomic mass is 10.1. The molecule has 0 spiro atoms. The summed E-state index contributed by atoms with van der Waals surface area (Å²) in [7, 11) is 0. The van der Waals surface area contributed by atoms with Crippen LogP contribution in [-0.4, -0.2) is 54.5 Å². The van der Waals surface area contributed by atoms with Gasteiger partial charge in [0, 0.05) is 37.6 Å². The van der Waals surface area contributed by atoms with Crippen molar-refractivity contribution in [1.82, 2.24) is 4.90 Å². The van der Waals surface area contributed by atoms with E-state index in [0.717, 1.165) is 49.7 Å². The summed E-state index contributed by atoms with van der Waals surface area (Å²) in [5.41, 5.74) is 3.33. The van der Waals surface area contributed by atoms with Gasteiger partial charge in [-0.3, -0.25) is 4.79 Å². The first-order valence-electron chi connectivity index (χ1n) is 9.55. The maximum atomic E-state index is 12.4. The number of hydrogen-bond donors (Lipinski definition) is 1. The molecule has 4 nitrogen and oxygen atoms in total. The van der Waals surface area contributed by atoms with E-state index in [4.69, 9.17) is 0 Å². The predicted molar refractivity (Wildman–Crippen MR) is 111 cm³/mol. The number of thioether (sulfide) groups is 1. The maximum absolute atomic E-state index is 12.4. The number of aryl methyl sites for hydroxylation is 1. The molecule has 5 heteroatoms. The third kappa shape index (κ3) is 5.93. The smallest absolute Gasteiger partial charge is 0.237 e. The molecule has 1 fully saturated rings. The molecule has 0 aromatic heterocycles. The summed E-state index contributed by atoms with van der Waals surface area (Å²) in [5, 5.41) is 3.09. The van der Waals surface area contributed by atoms with Crippen LogP contribution in [0.3, 0.4) is 0 Å². The molecule has 1 atom stereocenters. The van der Waals surface area contributed by atoms with Crippen LogP contribution in [0.5, 0.6) is 0 Å². The van der Waals surface area contributed by atoms with Crippen LogP contribution in [-0.2, 0) is 4.79 Å². The van der Waals surface area contributed by atoms with E-state index >= 15 is 0 Å². The number of carbonyl (C=O) groups excluding carboxylic acids is 1. The normalized spacial score (nSPS) is 16.7. The van der Waals surface area contributed by atoms with Gasteiger partial charge in [0.25, 0.3) is 0 Å². The van der Waals surface area contributed by atoms with E-state index in [9.17, 15) is 4.79 Å². The van der Waals surface area contributed by atoms with E-state index in [0.29, 0.717) is 0 Å². The Bertz CT molecular complexity index is 556. The Morgan fingerprint density at radius 2 is 1.96 bits per heavy atom. The molecule has 0 bridgehead atoms. The van der Waals surface area contributed by atoms with Crippen LogP contribution in [0.15, 0.2) is 18.2 Å². The lowest BCUT2D eigenvalue weighted by molar-refractivity contribution is -0.115. The van der Waals surface area contributed by atoms with Gasteiger partial charge in [0.05, 0.1) is 5.25 Å². The van der Waals surface area contributed by atoms with Crippen LogP contribution < -0.4 is 10.2 Å². The van der Waals surface area contributed by atoms with Crippen molar-refractivity contribution in [2.24, 2.45) is 0 Å². The number of likely N-dealkylation sites (N-methyl/N-ethyl adjacent to an activating group) is 1. The molecule has 0 radical (unpaired) electrons. The zero-order valence-electron chi connectivity index (χ0n) is 16.2. The molecule has 0 aliphatic carbocycles. The Morgan fingerprint density at radius 3 is 2.56 bits per heavy atom. The number of hydrogen-bond acceptors (Lipinski definition) is 4. The van der Waals surface area contributed by atoms with Gasteiger partial charge in [-0.1, -0.05) is 20.3 Å². The van der Waals surface area contributed by atoms with Gasteiger partial charge in [-0.15, -0.1) is 11.8 Å².